The molecule has 0 saturated carbocycles. The van der Waals surface area contributed by atoms with Crippen molar-refractivity contribution < 1.29 is 25.6 Å². The molecule has 0 radical (unpaired) electrons. The van der Waals surface area contributed by atoms with Crippen LogP contribution >= 0.6 is 11.6 Å². The standard InChI is InChI=1S/C12H13ClFN3O5S2/c1-2-24(20,21)15-6-11-16-17-12(22-11)23(18,19)7-8-9(13)4-3-5-10(8)14/h3-5,15H,2,6-7H2,1H3. The van der Waals surface area contributed by atoms with Gasteiger partial charge in [-0.1, -0.05) is 22.8 Å². The molecule has 1 aromatic carbocycles. The molecule has 0 atom stereocenters. The van der Waals surface area contributed by atoms with Gasteiger partial charge in [-0.25, -0.2) is 25.9 Å². The van der Waals surface area contributed by atoms with Crippen LogP contribution in [0.4, 0.5) is 4.39 Å². The molecule has 0 saturated heterocycles. The van der Waals surface area contributed by atoms with Gasteiger partial charge >= 0.3 is 5.22 Å². The molecule has 0 aliphatic rings. The summed E-state index contributed by atoms with van der Waals surface area (Å²) in [6, 6.07) is 3.78. The Balaban J connectivity index is 2.19. The molecule has 24 heavy (non-hydrogen) atoms. The maximum atomic E-state index is 13.7. The lowest BCUT2D eigenvalue weighted by Gasteiger charge is -2.04. The average Bonchev–Trinajstić information content (AvgIpc) is 2.99. The predicted molar refractivity (Wildman–Crippen MR) is 82.9 cm³/mol. The van der Waals surface area contributed by atoms with Gasteiger partial charge in [0.05, 0.1) is 18.1 Å². The Labute approximate surface area is 143 Å². The number of rotatable bonds is 7. The van der Waals surface area contributed by atoms with Crippen LogP contribution in [0.5, 0.6) is 0 Å². The maximum Gasteiger partial charge on any atom is 0.335 e. The summed E-state index contributed by atoms with van der Waals surface area (Å²) >= 11 is 5.80. The summed E-state index contributed by atoms with van der Waals surface area (Å²) in [5.41, 5.74) is -0.217. The minimum absolute atomic E-state index is 0.0472. The van der Waals surface area contributed by atoms with Crippen molar-refractivity contribution in [3.05, 3.63) is 40.5 Å². The smallest absolute Gasteiger partial charge is 0.335 e. The van der Waals surface area contributed by atoms with Crippen molar-refractivity contribution in [1.82, 2.24) is 14.9 Å². The third kappa shape index (κ3) is 4.50. The van der Waals surface area contributed by atoms with Crippen LogP contribution < -0.4 is 4.72 Å². The number of hydrogen-bond donors (Lipinski definition) is 1. The van der Waals surface area contributed by atoms with Crippen LogP contribution in [0.3, 0.4) is 0 Å². The second-order valence-electron chi connectivity index (χ2n) is 4.65. The van der Waals surface area contributed by atoms with E-state index in [9.17, 15) is 21.2 Å². The van der Waals surface area contributed by atoms with E-state index in [-0.39, 0.29) is 28.8 Å². The van der Waals surface area contributed by atoms with Gasteiger partial charge in [-0.15, -0.1) is 5.10 Å². The van der Waals surface area contributed by atoms with Crippen LogP contribution in [0.25, 0.3) is 0 Å². The van der Waals surface area contributed by atoms with Gasteiger partial charge in [-0.05, 0) is 19.1 Å². The first-order chi connectivity index (χ1) is 11.1. The first-order valence-corrected chi connectivity index (χ1v) is 10.3. The van der Waals surface area contributed by atoms with Gasteiger partial charge in [-0.2, -0.15) is 0 Å². The molecule has 2 rings (SSSR count). The lowest BCUT2D eigenvalue weighted by atomic mass is 10.2. The molecule has 0 bridgehead atoms. The zero-order chi connectivity index (χ0) is 18.0. The van der Waals surface area contributed by atoms with Gasteiger partial charge in [0.1, 0.15) is 5.82 Å². The zero-order valence-electron chi connectivity index (χ0n) is 12.4. The minimum Gasteiger partial charge on any atom is -0.411 e. The fourth-order valence-corrected chi connectivity index (χ4v) is 3.67. The third-order valence-corrected chi connectivity index (χ3v) is 6.00. The maximum absolute atomic E-state index is 13.7. The second kappa shape index (κ2) is 7.13. The van der Waals surface area contributed by atoms with Crippen molar-refractivity contribution in [1.29, 1.82) is 0 Å². The zero-order valence-corrected chi connectivity index (χ0v) is 14.8. The van der Waals surface area contributed by atoms with E-state index in [1.54, 1.807) is 0 Å². The first-order valence-electron chi connectivity index (χ1n) is 6.60. The molecule has 8 nitrogen and oxygen atoms in total. The van der Waals surface area contributed by atoms with Crippen molar-refractivity contribution in [2.24, 2.45) is 0 Å². The molecule has 0 unspecified atom stereocenters. The topological polar surface area (TPSA) is 119 Å². The van der Waals surface area contributed by atoms with Gasteiger partial charge in [0.15, 0.2) is 0 Å². The summed E-state index contributed by atoms with van der Waals surface area (Å²) in [6.45, 7) is 1.09. The second-order valence-corrected chi connectivity index (χ2v) is 9.02. The fourth-order valence-electron chi connectivity index (χ4n) is 1.63. The molecule has 1 N–H and O–H groups in total. The highest BCUT2D eigenvalue weighted by Gasteiger charge is 2.26. The number of nitrogens with one attached hydrogen (secondary N) is 1. The highest BCUT2D eigenvalue weighted by molar-refractivity contribution is 7.90. The molecule has 0 fully saturated rings. The van der Waals surface area contributed by atoms with Gasteiger partial charge in [0.2, 0.25) is 25.8 Å². The SMILES string of the molecule is CCS(=O)(=O)NCc1nnc(S(=O)(=O)Cc2c(F)cccc2Cl)o1. The molecule has 0 spiro atoms. The number of aromatic nitrogens is 2. The number of benzene rings is 1. The Morgan fingerprint density at radius 2 is 1.96 bits per heavy atom. The highest BCUT2D eigenvalue weighted by atomic mass is 35.5. The van der Waals surface area contributed by atoms with E-state index in [0.29, 0.717) is 0 Å². The highest BCUT2D eigenvalue weighted by Crippen LogP contribution is 2.24. The van der Waals surface area contributed by atoms with Gasteiger partial charge in [0, 0.05) is 10.6 Å². The van der Waals surface area contributed by atoms with Crippen LogP contribution in [0.2, 0.25) is 5.02 Å². The van der Waals surface area contributed by atoms with Crippen molar-refractivity contribution in [2.45, 2.75) is 24.4 Å². The van der Waals surface area contributed by atoms with E-state index in [1.165, 1.54) is 19.1 Å². The summed E-state index contributed by atoms with van der Waals surface area (Å²) in [5.74, 6) is -1.93. The van der Waals surface area contributed by atoms with Gasteiger partial charge in [-0.3, -0.25) is 0 Å². The van der Waals surface area contributed by atoms with Crippen molar-refractivity contribution in [3.8, 4) is 0 Å². The molecule has 0 aliphatic carbocycles. The molecule has 1 aromatic heterocycles. The van der Waals surface area contributed by atoms with E-state index < -0.39 is 36.7 Å². The number of nitrogens with zero attached hydrogens (tertiary/aromatic N) is 2. The normalized spacial score (nSPS) is 12.5. The average molecular weight is 398 g/mol. The summed E-state index contributed by atoms with van der Waals surface area (Å²) in [5, 5.41) is 6.03. The summed E-state index contributed by atoms with van der Waals surface area (Å²) in [4.78, 5) is 0. The molecular weight excluding hydrogens is 385 g/mol. The van der Waals surface area contributed by atoms with E-state index >= 15 is 0 Å². The molecule has 0 amide bonds. The number of hydrogen-bond acceptors (Lipinski definition) is 7. The number of sulfonamides is 1. The lowest BCUT2D eigenvalue weighted by molar-refractivity contribution is 0.393. The van der Waals surface area contributed by atoms with Crippen molar-refractivity contribution in [3.63, 3.8) is 0 Å². The summed E-state index contributed by atoms with van der Waals surface area (Å²) in [6.07, 6.45) is 0. The van der Waals surface area contributed by atoms with E-state index in [2.05, 4.69) is 14.9 Å². The quantitative estimate of drug-likeness (QED) is 0.747. The van der Waals surface area contributed by atoms with E-state index in [0.717, 1.165) is 6.07 Å². The monoisotopic (exact) mass is 397 g/mol. The van der Waals surface area contributed by atoms with Crippen LogP contribution in [0.1, 0.15) is 18.4 Å². The van der Waals surface area contributed by atoms with Crippen molar-refractivity contribution in [2.75, 3.05) is 5.75 Å². The Morgan fingerprint density at radius 3 is 2.58 bits per heavy atom. The molecule has 0 aliphatic heterocycles. The van der Waals surface area contributed by atoms with Crippen LogP contribution in [0.15, 0.2) is 27.8 Å². The Morgan fingerprint density at radius 1 is 1.25 bits per heavy atom. The molecular formula is C12H13ClFN3O5S2. The number of sulfone groups is 1. The van der Waals surface area contributed by atoms with Gasteiger partial charge in [0.25, 0.3) is 0 Å². The Hall–Kier alpha value is -1.56. The summed E-state index contributed by atoms with van der Waals surface area (Å²) in [7, 11) is -7.64. The Kier molecular flexibility index (Phi) is 5.58. The van der Waals surface area contributed by atoms with Crippen LogP contribution in [-0.2, 0) is 32.2 Å². The third-order valence-electron chi connectivity index (χ3n) is 2.93. The van der Waals surface area contributed by atoms with Crippen LogP contribution in [0, 0.1) is 5.82 Å². The molecule has 12 heteroatoms. The predicted octanol–water partition coefficient (Wildman–Crippen LogP) is 1.28. The largest absolute Gasteiger partial charge is 0.411 e. The molecule has 132 valence electrons. The first kappa shape index (κ1) is 18.8. The minimum atomic E-state index is -4.14. The Bertz CT molecular complexity index is 923. The number of halogens is 2. The fraction of sp³-hybridized carbons (Fsp3) is 0.333. The summed E-state index contributed by atoms with van der Waals surface area (Å²) < 4.78 is 67.9. The van der Waals surface area contributed by atoms with Crippen molar-refractivity contribution >= 4 is 31.5 Å². The van der Waals surface area contributed by atoms with E-state index in [1.807, 2.05) is 0 Å². The lowest BCUT2D eigenvalue weighted by Crippen LogP contribution is -2.24. The molecule has 2 aromatic rings. The van der Waals surface area contributed by atoms with E-state index in [4.69, 9.17) is 16.0 Å². The molecule has 1 heterocycles. The van der Waals surface area contributed by atoms with Gasteiger partial charge < -0.3 is 4.42 Å². The van der Waals surface area contributed by atoms with Crippen LogP contribution in [-0.4, -0.2) is 32.8 Å².